The molecule has 222 valence electrons. The molecule has 3 aromatic rings. The predicted octanol–water partition coefficient (Wildman–Crippen LogP) is 8.42. The number of aliphatic hydroxyl groups is 1. The van der Waals surface area contributed by atoms with E-state index in [-0.39, 0.29) is 12.0 Å². The molecule has 0 aliphatic carbocycles. The van der Waals surface area contributed by atoms with Crippen LogP contribution in [-0.4, -0.2) is 28.1 Å². The minimum Gasteiger partial charge on any atom is -0.456 e. The van der Waals surface area contributed by atoms with E-state index in [1.807, 2.05) is 37.3 Å². The normalized spacial score (nSPS) is 14.6. The van der Waals surface area contributed by atoms with E-state index in [2.05, 4.69) is 89.8 Å². The van der Waals surface area contributed by atoms with E-state index in [0.29, 0.717) is 18.8 Å². The highest BCUT2D eigenvalue weighted by atomic mass is 16.5. The standard InChI is InChI=1S/C37H51NO3/c1-9-35(39)33(20-19-25(2)3)37(40)41-36(31-16-11-10-12-17-31)30(8)38(23-32-18-14-13-15-27(32)5)24-34-28(6)21-26(4)22-29(34)7/h10-18,21-22,25,30,33,35-36,39H,9,19-20,23-24H2,1-8H3/t30-,33-,35+,36-/m0/s1. The molecule has 41 heavy (non-hydrogen) atoms. The van der Waals surface area contributed by atoms with Crippen molar-refractivity contribution in [1.82, 2.24) is 4.90 Å². The van der Waals surface area contributed by atoms with E-state index < -0.39 is 18.1 Å². The third-order valence-electron chi connectivity index (χ3n) is 8.46. The third-order valence-corrected chi connectivity index (χ3v) is 8.46. The number of rotatable bonds is 14. The summed E-state index contributed by atoms with van der Waals surface area (Å²) in [4.78, 5) is 16.2. The minimum absolute atomic E-state index is 0.120. The van der Waals surface area contributed by atoms with Crippen LogP contribution in [-0.2, 0) is 22.6 Å². The maximum absolute atomic E-state index is 13.8. The Morgan fingerprint density at radius 1 is 0.829 bits per heavy atom. The third kappa shape index (κ3) is 9.02. The van der Waals surface area contributed by atoms with E-state index in [1.165, 1.54) is 33.4 Å². The number of carbonyl (C=O) groups is 1. The summed E-state index contributed by atoms with van der Waals surface area (Å²) in [5, 5.41) is 10.8. The van der Waals surface area contributed by atoms with Gasteiger partial charge in [0.1, 0.15) is 6.10 Å². The van der Waals surface area contributed by atoms with E-state index in [1.54, 1.807) is 0 Å². The van der Waals surface area contributed by atoms with Crippen LogP contribution in [0.15, 0.2) is 66.7 Å². The molecule has 1 N–H and O–H groups in total. The smallest absolute Gasteiger partial charge is 0.312 e. The lowest BCUT2D eigenvalue weighted by atomic mass is 9.91. The van der Waals surface area contributed by atoms with Gasteiger partial charge < -0.3 is 9.84 Å². The maximum atomic E-state index is 13.8. The van der Waals surface area contributed by atoms with Crippen molar-refractivity contribution in [3.8, 4) is 0 Å². The van der Waals surface area contributed by atoms with Crippen LogP contribution in [0.25, 0.3) is 0 Å². The van der Waals surface area contributed by atoms with Crippen molar-refractivity contribution in [2.45, 2.75) is 106 Å². The van der Waals surface area contributed by atoms with Crippen LogP contribution < -0.4 is 0 Å². The van der Waals surface area contributed by atoms with E-state index in [9.17, 15) is 9.90 Å². The van der Waals surface area contributed by atoms with Crippen LogP contribution in [0.1, 0.15) is 92.0 Å². The molecule has 0 bridgehead atoms. The molecule has 4 atom stereocenters. The van der Waals surface area contributed by atoms with Gasteiger partial charge in [0.25, 0.3) is 0 Å². The van der Waals surface area contributed by atoms with Crippen molar-refractivity contribution < 1.29 is 14.6 Å². The number of benzene rings is 3. The molecule has 0 saturated carbocycles. The Bertz CT molecular complexity index is 1230. The zero-order chi connectivity index (χ0) is 30.1. The second kappa shape index (κ2) is 15.3. The summed E-state index contributed by atoms with van der Waals surface area (Å²) in [6, 6.07) is 23.0. The molecular formula is C37H51NO3. The molecule has 4 nitrogen and oxygen atoms in total. The van der Waals surface area contributed by atoms with Gasteiger partial charge in [0.2, 0.25) is 0 Å². The zero-order valence-corrected chi connectivity index (χ0v) is 26.5. The summed E-state index contributed by atoms with van der Waals surface area (Å²) in [6.07, 6.45) is 0.817. The topological polar surface area (TPSA) is 49.8 Å². The fraction of sp³-hybridized carbons (Fsp3) is 0.486. The molecule has 0 unspecified atom stereocenters. The molecule has 4 heteroatoms. The van der Waals surface area contributed by atoms with Gasteiger partial charge in [-0.1, -0.05) is 99.5 Å². The molecule has 0 amide bonds. The summed E-state index contributed by atoms with van der Waals surface area (Å²) in [5.74, 6) is -0.393. The minimum atomic E-state index is -0.714. The monoisotopic (exact) mass is 557 g/mol. The van der Waals surface area contributed by atoms with E-state index >= 15 is 0 Å². The highest BCUT2D eigenvalue weighted by Crippen LogP contribution is 2.32. The first-order valence-electron chi connectivity index (χ1n) is 15.3. The lowest BCUT2D eigenvalue weighted by Gasteiger charge is -2.36. The second-order valence-corrected chi connectivity index (χ2v) is 12.3. The SMILES string of the molecule is CC[C@@H](O)[C@H](CCC(C)C)C(=O)O[C@H](c1ccccc1)[C@H](C)N(Cc1ccccc1C)Cc1c(C)cc(C)cc1C. The largest absolute Gasteiger partial charge is 0.456 e. The summed E-state index contributed by atoms with van der Waals surface area (Å²) in [6.45, 7) is 18.5. The summed E-state index contributed by atoms with van der Waals surface area (Å²) >= 11 is 0. The van der Waals surface area contributed by atoms with Crippen LogP contribution in [0.2, 0.25) is 0 Å². The number of esters is 1. The van der Waals surface area contributed by atoms with Crippen molar-refractivity contribution in [3.05, 3.63) is 106 Å². The molecule has 0 heterocycles. The fourth-order valence-corrected chi connectivity index (χ4v) is 5.77. The maximum Gasteiger partial charge on any atom is 0.312 e. The Morgan fingerprint density at radius 3 is 2.02 bits per heavy atom. The quantitative estimate of drug-likeness (QED) is 0.202. The van der Waals surface area contributed by atoms with Crippen molar-refractivity contribution in [2.75, 3.05) is 0 Å². The van der Waals surface area contributed by atoms with Gasteiger partial charge in [-0.3, -0.25) is 9.69 Å². The van der Waals surface area contributed by atoms with E-state index in [4.69, 9.17) is 4.74 Å². The predicted molar refractivity (Wildman–Crippen MR) is 170 cm³/mol. The first kappa shape index (κ1) is 32.6. The highest BCUT2D eigenvalue weighted by molar-refractivity contribution is 5.73. The number of hydrogen-bond donors (Lipinski definition) is 1. The van der Waals surface area contributed by atoms with Gasteiger partial charge in [-0.15, -0.1) is 0 Å². The Balaban J connectivity index is 2.02. The van der Waals surface area contributed by atoms with Crippen LogP contribution in [0.3, 0.4) is 0 Å². The van der Waals surface area contributed by atoms with Gasteiger partial charge >= 0.3 is 5.97 Å². The number of hydrogen-bond acceptors (Lipinski definition) is 4. The summed E-state index contributed by atoms with van der Waals surface area (Å²) < 4.78 is 6.44. The summed E-state index contributed by atoms with van der Waals surface area (Å²) in [5.41, 5.74) is 8.60. The second-order valence-electron chi connectivity index (χ2n) is 12.3. The van der Waals surface area contributed by atoms with Crippen molar-refractivity contribution >= 4 is 5.97 Å². The Kier molecular flexibility index (Phi) is 12.2. The van der Waals surface area contributed by atoms with Crippen LogP contribution in [0.5, 0.6) is 0 Å². The molecule has 0 fully saturated rings. The van der Waals surface area contributed by atoms with Crippen LogP contribution in [0.4, 0.5) is 0 Å². The van der Waals surface area contributed by atoms with Crippen LogP contribution in [0, 0.1) is 39.5 Å². The van der Waals surface area contributed by atoms with Gasteiger partial charge in [-0.2, -0.15) is 0 Å². The van der Waals surface area contributed by atoms with Crippen molar-refractivity contribution in [3.63, 3.8) is 0 Å². The Morgan fingerprint density at radius 2 is 1.44 bits per heavy atom. The van der Waals surface area contributed by atoms with Gasteiger partial charge in [0.15, 0.2) is 0 Å². The molecule has 3 rings (SSSR count). The zero-order valence-electron chi connectivity index (χ0n) is 26.5. The molecular weight excluding hydrogens is 506 g/mol. The molecule has 3 aromatic carbocycles. The van der Waals surface area contributed by atoms with E-state index in [0.717, 1.165) is 25.1 Å². The first-order chi connectivity index (χ1) is 19.5. The molecule has 0 radical (unpaired) electrons. The molecule has 0 aromatic heterocycles. The summed E-state index contributed by atoms with van der Waals surface area (Å²) in [7, 11) is 0. The number of nitrogens with zero attached hydrogens (tertiary/aromatic N) is 1. The average Bonchev–Trinajstić information content (AvgIpc) is 2.93. The fourth-order valence-electron chi connectivity index (χ4n) is 5.77. The van der Waals surface area contributed by atoms with Crippen molar-refractivity contribution in [1.29, 1.82) is 0 Å². The molecule has 0 aliphatic heterocycles. The van der Waals surface area contributed by atoms with Gasteiger partial charge in [-0.25, -0.2) is 0 Å². The van der Waals surface area contributed by atoms with Gasteiger partial charge in [-0.05, 0) is 86.8 Å². The lowest BCUT2D eigenvalue weighted by molar-refractivity contribution is -0.163. The van der Waals surface area contributed by atoms with Crippen LogP contribution >= 0.6 is 0 Å². The lowest BCUT2D eigenvalue weighted by Crippen LogP contribution is -2.40. The average molecular weight is 558 g/mol. The number of aliphatic hydroxyl groups excluding tert-OH is 1. The number of aryl methyl sites for hydroxylation is 4. The number of ether oxygens (including phenoxy) is 1. The Hall–Kier alpha value is -2.95. The highest BCUT2D eigenvalue weighted by Gasteiger charge is 2.34. The molecule has 0 saturated heterocycles. The van der Waals surface area contributed by atoms with Gasteiger partial charge in [0, 0.05) is 19.1 Å². The van der Waals surface area contributed by atoms with Gasteiger partial charge in [0.05, 0.1) is 12.0 Å². The number of carbonyl (C=O) groups excluding carboxylic acids is 1. The van der Waals surface area contributed by atoms with Crippen molar-refractivity contribution in [2.24, 2.45) is 11.8 Å². The Labute approximate surface area is 248 Å². The molecule has 0 spiro atoms. The first-order valence-corrected chi connectivity index (χ1v) is 15.3. The molecule has 0 aliphatic rings.